The van der Waals surface area contributed by atoms with Crippen molar-refractivity contribution in [3.8, 4) is 0 Å². The van der Waals surface area contributed by atoms with Gasteiger partial charge in [-0.05, 0) is 6.42 Å². The Morgan fingerprint density at radius 1 is 1.65 bits per heavy atom. The van der Waals surface area contributed by atoms with Crippen LogP contribution in [0, 0.1) is 5.82 Å². The molecule has 1 rings (SSSR count). The Kier molecular flexibility index (Phi) is 4.62. The lowest BCUT2D eigenvalue weighted by atomic mass is 10.4. The second-order valence-electron chi connectivity index (χ2n) is 3.61. The molecule has 1 amide bonds. The van der Waals surface area contributed by atoms with Gasteiger partial charge in [-0.2, -0.15) is 4.98 Å². The molecule has 0 saturated carbocycles. The van der Waals surface area contributed by atoms with Crippen LogP contribution in [0.25, 0.3) is 0 Å². The lowest BCUT2D eigenvalue weighted by Crippen LogP contribution is -2.36. The Labute approximate surface area is 99.0 Å². The molecule has 7 heteroatoms. The van der Waals surface area contributed by atoms with Gasteiger partial charge in [0.2, 0.25) is 11.9 Å². The van der Waals surface area contributed by atoms with Crippen LogP contribution in [0.3, 0.4) is 0 Å². The largest absolute Gasteiger partial charge is 0.368 e. The summed E-state index contributed by atoms with van der Waals surface area (Å²) in [6.45, 7) is 2.57. The first-order chi connectivity index (χ1) is 8.04. The molecule has 3 N–H and O–H groups in total. The fraction of sp³-hybridized carbons (Fsp3) is 0.500. The number of likely N-dealkylation sites (N-methyl/N-ethyl adjacent to an activating group) is 1. The lowest BCUT2D eigenvalue weighted by molar-refractivity contribution is -0.119. The minimum atomic E-state index is -0.606. The van der Waals surface area contributed by atoms with E-state index in [1.54, 1.807) is 7.05 Å². The number of carbonyl (C=O) groups is 1. The predicted molar refractivity (Wildman–Crippen MR) is 63.0 cm³/mol. The van der Waals surface area contributed by atoms with Crippen LogP contribution >= 0.6 is 0 Å². The summed E-state index contributed by atoms with van der Waals surface area (Å²) in [6.07, 6.45) is 1.84. The molecule has 1 aromatic rings. The highest BCUT2D eigenvalue weighted by Gasteiger charge is 2.13. The van der Waals surface area contributed by atoms with Gasteiger partial charge in [0.25, 0.3) is 0 Å². The molecule has 0 unspecified atom stereocenters. The zero-order valence-corrected chi connectivity index (χ0v) is 9.90. The zero-order valence-electron chi connectivity index (χ0n) is 9.90. The highest BCUT2D eigenvalue weighted by atomic mass is 19.1. The van der Waals surface area contributed by atoms with Crippen molar-refractivity contribution in [3.05, 3.63) is 12.0 Å². The van der Waals surface area contributed by atoms with Gasteiger partial charge in [-0.3, -0.25) is 4.79 Å². The van der Waals surface area contributed by atoms with Gasteiger partial charge in [-0.1, -0.05) is 6.92 Å². The van der Waals surface area contributed by atoms with E-state index in [0.29, 0.717) is 6.54 Å². The molecule has 1 heterocycles. The molecule has 0 aliphatic carbocycles. The number of hydrogen-bond donors (Lipinski definition) is 2. The average molecular weight is 241 g/mol. The Morgan fingerprint density at radius 3 is 3.00 bits per heavy atom. The monoisotopic (exact) mass is 241 g/mol. The number of hydrogen-bond acceptors (Lipinski definition) is 5. The third-order valence-corrected chi connectivity index (χ3v) is 2.06. The quantitative estimate of drug-likeness (QED) is 0.767. The van der Waals surface area contributed by atoms with E-state index in [2.05, 4.69) is 15.3 Å². The van der Waals surface area contributed by atoms with Gasteiger partial charge in [-0.15, -0.1) is 0 Å². The Balaban J connectivity index is 2.66. The summed E-state index contributed by atoms with van der Waals surface area (Å²) >= 11 is 0. The highest BCUT2D eigenvalue weighted by Crippen LogP contribution is 2.13. The summed E-state index contributed by atoms with van der Waals surface area (Å²) in [5.74, 6) is -0.803. The van der Waals surface area contributed by atoms with E-state index in [0.717, 1.165) is 12.6 Å². The maximum Gasteiger partial charge on any atom is 0.239 e. The molecule has 0 aromatic carbocycles. The van der Waals surface area contributed by atoms with Gasteiger partial charge in [0.15, 0.2) is 11.6 Å². The number of aromatic nitrogens is 2. The molecule has 0 saturated heterocycles. The van der Waals surface area contributed by atoms with Crippen LogP contribution in [0.15, 0.2) is 6.20 Å². The Hall–Kier alpha value is -1.92. The van der Waals surface area contributed by atoms with E-state index < -0.39 is 5.82 Å². The second kappa shape index (κ2) is 5.97. The molecule has 0 atom stereocenters. The van der Waals surface area contributed by atoms with Gasteiger partial charge in [0.05, 0.1) is 12.7 Å². The summed E-state index contributed by atoms with van der Waals surface area (Å²) in [7, 11) is 1.57. The molecule has 0 fully saturated rings. The number of nitrogen functional groups attached to an aromatic ring is 1. The summed E-state index contributed by atoms with van der Waals surface area (Å²) in [4.78, 5) is 20.1. The first kappa shape index (κ1) is 13.1. The van der Waals surface area contributed by atoms with Gasteiger partial charge >= 0.3 is 0 Å². The van der Waals surface area contributed by atoms with Crippen LogP contribution in [0.1, 0.15) is 13.3 Å². The fourth-order valence-corrected chi connectivity index (χ4v) is 1.25. The first-order valence-corrected chi connectivity index (χ1v) is 5.30. The van der Waals surface area contributed by atoms with E-state index in [4.69, 9.17) is 5.73 Å². The number of halogens is 1. The van der Waals surface area contributed by atoms with E-state index in [-0.39, 0.29) is 24.2 Å². The van der Waals surface area contributed by atoms with E-state index >= 15 is 0 Å². The molecule has 0 spiro atoms. The molecule has 1 aromatic heterocycles. The maximum atomic E-state index is 13.4. The third kappa shape index (κ3) is 3.86. The lowest BCUT2D eigenvalue weighted by Gasteiger charge is -2.17. The minimum Gasteiger partial charge on any atom is -0.368 e. The molecular formula is C10H16FN5O. The van der Waals surface area contributed by atoms with Gasteiger partial charge in [0.1, 0.15) is 0 Å². The smallest absolute Gasteiger partial charge is 0.239 e. The molecule has 0 aliphatic rings. The van der Waals surface area contributed by atoms with Gasteiger partial charge in [0, 0.05) is 13.6 Å². The Bertz CT molecular complexity index is 398. The molecule has 17 heavy (non-hydrogen) atoms. The van der Waals surface area contributed by atoms with E-state index in [1.165, 1.54) is 4.90 Å². The maximum absolute atomic E-state index is 13.4. The summed E-state index contributed by atoms with van der Waals surface area (Å²) in [6, 6.07) is 0. The van der Waals surface area contributed by atoms with Crippen molar-refractivity contribution in [2.75, 3.05) is 30.8 Å². The number of anilines is 2. The highest BCUT2D eigenvalue weighted by molar-refractivity contribution is 5.80. The number of rotatable bonds is 5. The van der Waals surface area contributed by atoms with Crippen molar-refractivity contribution in [1.82, 2.24) is 15.3 Å². The summed E-state index contributed by atoms with van der Waals surface area (Å²) in [5.41, 5.74) is 5.36. The molecule has 0 radical (unpaired) electrons. The van der Waals surface area contributed by atoms with Crippen molar-refractivity contribution in [1.29, 1.82) is 0 Å². The molecular weight excluding hydrogens is 225 g/mol. The van der Waals surface area contributed by atoms with Gasteiger partial charge < -0.3 is 16.0 Å². The number of nitrogens with zero attached hydrogens (tertiary/aromatic N) is 3. The van der Waals surface area contributed by atoms with Crippen LogP contribution < -0.4 is 16.0 Å². The number of amides is 1. The van der Waals surface area contributed by atoms with E-state index in [1.807, 2.05) is 6.92 Å². The van der Waals surface area contributed by atoms with Crippen molar-refractivity contribution in [2.45, 2.75) is 13.3 Å². The van der Waals surface area contributed by atoms with Crippen LogP contribution in [0.2, 0.25) is 0 Å². The summed E-state index contributed by atoms with van der Waals surface area (Å²) < 4.78 is 13.4. The van der Waals surface area contributed by atoms with Crippen molar-refractivity contribution >= 4 is 17.7 Å². The number of nitrogens with two attached hydrogens (primary N) is 1. The number of nitrogens with one attached hydrogen (secondary N) is 1. The van der Waals surface area contributed by atoms with E-state index in [9.17, 15) is 9.18 Å². The van der Waals surface area contributed by atoms with Crippen LogP contribution in [0.5, 0.6) is 0 Å². The third-order valence-electron chi connectivity index (χ3n) is 2.06. The second-order valence-corrected chi connectivity index (χ2v) is 3.61. The van der Waals surface area contributed by atoms with Crippen LogP contribution in [-0.2, 0) is 4.79 Å². The Morgan fingerprint density at radius 2 is 2.35 bits per heavy atom. The minimum absolute atomic E-state index is 0.0177. The predicted octanol–water partition coefficient (Wildman–Crippen LogP) is 0.160. The van der Waals surface area contributed by atoms with Crippen molar-refractivity contribution < 1.29 is 9.18 Å². The zero-order chi connectivity index (χ0) is 12.8. The average Bonchev–Trinajstić information content (AvgIpc) is 2.29. The number of carbonyl (C=O) groups excluding carboxylic acids is 1. The molecule has 0 bridgehead atoms. The molecule has 0 aliphatic heterocycles. The summed E-state index contributed by atoms with van der Waals surface area (Å²) in [5, 5.41) is 2.69. The van der Waals surface area contributed by atoms with Gasteiger partial charge in [-0.25, -0.2) is 9.37 Å². The van der Waals surface area contributed by atoms with Crippen molar-refractivity contribution in [3.63, 3.8) is 0 Å². The van der Waals surface area contributed by atoms with Crippen molar-refractivity contribution in [2.24, 2.45) is 0 Å². The molecule has 6 nitrogen and oxygen atoms in total. The topological polar surface area (TPSA) is 84.1 Å². The molecule has 94 valence electrons. The fourth-order valence-electron chi connectivity index (χ4n) is 1.25. The van der Waals surface area contributed by atoms with Crippen LogP contribution in [0.4, 0.5) is 16.2 Å². The standard InChI is InChI=1S/C10H16FN5O/c1-3-4-13-8(17)6-16(2)9-7(11)5-14-10(12)15-9/h5H,3-4,6H2,1-2H3,(H,13,17)(H2,12,14,15). The first-order valence-electron chi connectivity index (χ1n) is 5.30. The van der Waals surface area contributed by atoms with Crippen LogP contribution in [-0.4, -0.2) is 36.0 Å². The normalized spacial score (nSPS) is 10.1. The SMILES string of the molecule is CCCNC(=O)CN(C)c1nc(N)ncc1F.